The maximum Gasteiger partial charge on any atom is 0.435 e. The quantitative estimate of drug-likeness (QED) is 0.224. The molecule has 4 aromatic rings. The predicted molar refractivity (Wildman–Crippen MR) is 165 cm³/mol. The molecule has 1 fully saturated rings. The second kappa shape index (κ2) is 11.2. The minimum absolute atomic E-state index is 0.0826. The van der Waals surface area contributed by atoms with Crippen LogP contribution in [0.25, 0.3) is 10.9 Å². The van der Waals surface area contributed by atoms with Crippen LogP contribution in [0.15, 0.2) is 42.6 Å². The van der Waals surface area contributed by atoms with Gasteiger partial charge >= 0.3 is 18.8 Å². The molecule has 47 heavy (non-hydrogen) atoms. The van der Waals surface area contributed by atoms with E-state index in [0.717, 1.165) is 15.8 Å². The van der Waals surface area contributed by atoms with Crippen LogP contribution in [0.5, 0.6) is 11.5 Å². The van der Waals surface area contributed by atoms with Crippen molar-refractivity contribution in [3.8, 4) is 11.5 Å². The van der Waals surface area contributed by atoms with Crippen molar-refractivity contribution in [1.29, 1.82) is 0 Å². The topological polar surface area (TPSA) is 158 Å². The Morgan fingerprint density at radius 2 is 1.87 bits per heavy atom. The lowest BCUT2D eigenvalue weighted by atomic mass is 9.91. The lowest BCUT2D eigenvalue weighted by Crippen LogP contribution is -2.36. The van der Waals surface area contributed by atoms with Crippen LogP contribution in [-0.2, 0) is 14.9 Å². The number of anilines is 3. The fraction of sp³-hybridized carbons (Fsp3) is 0.375. The SMILES string of the molecule is COc1ccc2c(c1)[C@]1(C[C@H]1c1ccc3c(Nc4nc(C(C)C)ncc4OC(F)F)nn(C(=O)OC(C)(C)C)c3c1)C(=O)N2C(=O)O. The molecule has 0 bridgehead atoms. The Morgan fingerprint density at radius 1 is 1.13 bits per heavy atom. The molecule has 6 rings (SSSR count). The van der Waals surface area contributed by atoms with Gasteiger partial charge in [-0.05, 0) is 68.7 Å². The number of amides is 2. The Bertz CT molecular complexity index is 1940. The van der Waals surface area contributed by atoms with Gasteiger partial charge in [-0.15, -0.1) is 5.10 Å². The van der Waals surface area contributed by atoms with E-state index in [2.05, 4.69) is 25.1 Å². The summed E-state index contributed by atoms with van der Waals surface area (Å²) in [6, 6.07) is 9.93. The number of halogens is 2. The van der Waals surface area contributed by atoms with Crippen LogP contribution in [0.3, 0.4) is 0 Å². The van der Waals surface area contributed by atoms with Crippen molar-refractivity contribution in [3.63, 3.8) is 0 Å². The number of ether oxygens (including phenoxy) is 3. The Morgan fingerprint density at radius 3 is 2.51 bits per heavy atom. The van der Waals surface area contributed by atoms with Crippen molar-refractivity contribution in [2.75, 3.05) is 17.3 Å². The molecule has 2 aliphatic rings. The van der Waals surface area contributed by atoms with Gasteiger partial charge in [0.25, 0.3) is 0 Å². The van der Waals surface area contributed by atoms with E-state index in [-0.39, 0.29) is 29.0 Å². The average molecular weight is 651 g/mol. The molecule has 2 amide bonds. The number of carboxylic acid groups (broad SMARTS) is 1. The van der Waals surface area contributed by atoms with Gasteiger partial charge in [0.05, 0.1) is 29.9 Å². The van der Waals surface area contributed by atoms with Crippen LogP contribution >= 0.6 is 0 Å². The molecular formula is C32H32F2N6O7. The van der Waals surface area contributed by atoms with Gasteiger partial charge in [0, 0.05) is 17.2 Å². The third-order valence-electron chi connectivity index (χ3n) is 8.08. The van der Waals surface area contributed by atoms with Crippen molar-refractivity contribution in [1.82, 2.24) is 19.7 Å². The maximum atomic E-state index is 13.7. The number of hydrogen-bond acceptors (Lipinski definition) is 10. The molecule has 3 heterocycles. The normalized spacial score (nSPS) is 18.6. The monoisotopic (exact) mass is 650 g/mol. The number of methoxy groups -OCH3 is 1. The minimum atomic E-state index is -3.14. The molecule has 246 valence electrons. The number of nitrogens with zero attached hydrogens (tertiary/aromatic N) is 5. The molecule has 2 N–H and O–H groups in total. The summed E-state index contributed by atoms with van der Waals surface area (Å²) < 4.78 is 43.2. The van der Waals surface area contributed by atoms with Gasteiger partial charge in [0.1, 0.15) is 17.2 Å². The highest BCUT2D eigenvalue weighted by Gasteiger charge is 2.68. The van der Waals surface area contributed by atoms with Crippen molar-refractivity contribution in [3.05, 3.63) is 59.5 Å². The summed E-state index contributed by atoms with van der Waals surface area (Å²) in [6.45, 7) is 5.62. The molecule has 15 heteroatoms. The van der Waals surface area contributed by atoms with Crippen LogP contribution in [0.1, 0.15) is 69.8 Å². The predicted octanol–water partition coefficient (Wildman–Crippen LogP) is 6.54. The van der Waals surface area contributed by atoms with Gasteiger partial charge in [-0.1, -0.05) is 19.9 Å². The summed E-state index contributed by atoms with van der Waals surface area (Å²) in [5.74, 6) is -0.616. The van der Waals surface area contributed by atoms with Crippen molar-refractivity contribution in [2.45, 2.75) is 70.5 Å². The molecular weight excluding hydrogens is 618 g/mol. The Labute approximate surface area is 267 Å². The lowest BCUT2D eigenvalue weighted by Gasteiger charge is -2.19. The first-order chi connectivity index (χ1) is 22.1. The Kier molecular flexibility index (Phi) is 7.52. The second-order valence-corrected chi connectivity index (χ2v) is 12.7. The zero-order valence-electron chi connectivity index (χ0n) is 26.4. The molecule has 0 unspecified atom stereocenters. The van der Waals surface area contributed by atoms with Crippen LogP contribution in [0, 0.1) is 0 Å². The number of aromatic nitrogens is 4. The smallest absolute Gasteiger partial charge is 0.435 e. The van der Waals surface area contributed by atoms with Crippen molar-refractivity contribution < 1.29 is 42.5 Å². The maximum absolute atomic E-state index is 13.7. The third-order valence-corrected chi connectivity index (χ3v) is 8.08. The van der Waals surface area contributed by atoms with Crippen LogP contribution in [-0.4, -0.2) is 62.3 Å². The molecule has 13 nitrogen and oxygen atoms in total. The van der Waals surface area contributed by atoms with E-state index < -0.39 is 41.6 Å². The van der Waals surface area contributed by atoms with Gasteiger partial charge in [0.15, 0.2) is 17.4 Å². The zero-order valence-corrected chi connectivity index (χ0v) is 26.4. The first-order valence-corrected chi connectivity index (χ1v) is 14.8. The van der Waals surface area contributed by atoms with Crippen LogP contribution in [0.2, 0.25) is 0 Å². The summed E-state index contributed by atoms with van der Waals surface area (Å²) >= 11 is 0. The number of fused-ring (bicyclic) bond motifs is 3. The molecule has 0 radical (unpaired) electrons. The number of alkyl halides is 2. The van der Waals surface area contributed by atoms with E-state index in [4.69, 9.17) is 9.47 Å². The number of carbonyl (C=O) groups excluding carboxylic acids is 2. The zero-order chi connectivity index (χ0) is 34.0. The van der Waals surface area contributed by atoms with Crippen molar-refractivity contribution in [2.24, 2.45) is 0 Å². The molecule has 2 atom stereocenters. The molecule has 2 aromatic carbocycles. The van der Waals surface area contributed by atoms with Gasteiger partial charge in [-0.3, -0.25) is 4.79 Å². The number of nitrogens with one attached hydrogen (secondary N) is 1. The highest BCUT2D eigenvalue weighted by molar-refractivity contribution is 6.22. The fourth-order valence-corrected chi connectivity index (χ4v) is 5.94. The summed E-state index contributed by atoms with van der Waals surface area (Å²) in [5, 5.41) is 17.7. The van der Waals surface area contributed by atoms with Gasteiger partial charge < -0.3 is 24.6 Å². The number of carbonyl (C=O) groups is 3. The van der Waals surface area contributed by atoms with E-state index in [1.165, 1.54) is 7.11 Å². The third kappa shape index (κ3) is 5.44. The summed E-state index contributed by atoms with van der Waals surface area (Å²) in [5.41, 5.74) is -0.282. The number of benzene rings is 2. The molecule has 1 aliphatic heterocycles. The molecule has 1 spiro atoms. The van der Waals surface area contributed by atoms with E-state index in [1.54, 1.807) is 57.2 Å². The minimum Gasteiger partial charge on any atom is -0.497 e. The second-order valence-electron chi connectivity index (χ2n) is 12.7. The van der Waals surface area contributed by atoms with E-state index in [1.807, 2.05) is 13.8 Å². The summed E-state index contributed by atoms with van der Waals surface area (Å²) in [4.78, 5) is 48.5. The first-order valence-electron chi connectivity index (χ1n) is 14.8. The van der Waals surface area contributed by atoms with Crippen LogP contribution in [0.4, 0.5) is 35.7 Å². The molecule has 1 saturated carbocycles. The van der Waals surface area contributed by atoms with Crippen molar-refractivity contribution >= 4 is 46.3 Å². The first kappa shape index (κ1) is 31.6. The van der Waals surface area contributed by atoms with Gasteiger partial charge in [-0.2, -0.15) is 13.5 Å². The van der Waals surface area contributed by atoms with E-state index >= 15 is 0 Å². The summed E-state index contributed by atoms with van der Waals surface area (Å²) in [7, 11) is 1.48. The van der Waals surface area contributed by atoms with Gasteiger partial charge in [-0.25, -0.2) is 24.5 Å². The molecule has 1 aliphatic carbocycles. The number of hydrogen-bond donors (Lipinski definition) is 2. The summed E-state index contributed by atoms with van der Waals surface area (Å²) in [6.07, 6.45) is -0.740. The largest absolute Gasteiger partial charge is 0.497 e. The highest BCUT2D eigenvalue weighted by atomic mass is 19.3. The van der Waals surface area contributed by atoms with Crippen LogP contribution < -0.4 is 19.7 Å². The Hall–Kier alpha value is -5.34. The Balaban J connectivity index is 1.45. The fourth-order valence-electron chi connectivity index (χ4n) is 5.94. The molecule has 0 saturated heterocycles. The van der Waals surface area contributed by atoms with E-state index in [0.29, 0.717) is 40.0 Å². The standard InChI is InChI=1S/C32H32F2N6O7/c1-15(2)24-35-14-23(46-28(33)34)26(36-24)37-25-18-9-7-16(11-22(18)40(38-25)30(44)47-31(3,4)5)20-13-32(20)19-12-17(45-6)8-10-21(19)39(27(32)41)29(42)43/h7-12,14-15,20,28H,13H2,1-6H3,(H,42,43)(H,35,36,37,38)/t20-,32-/m0/s1. The lowest BCUT2D eigenvalue weighted by molar-refractivity contribution is -0.119. The highest BCUT2D eigenvalue weighted by Crippen LogP contribution is 2.67. The number of rotatable bonds is 7. The van der Waals surface area contributed by atoms with E-state index in [9.17, 15) is 28.3 Å². The molecule has 2 aromatic heterocycles. The number of imide groups is 1. The van der Waals surface area contributed by atoms with Gasteiger partial charge in [0.2, 0.25) is 5.91 Å². The average Bonchev–Trinajstić information content (AvgIpc) is 3.58.